The topological polar surface area (TPSA) is 40.5 Å². The molecule has 0 rings (SSSR count). The molecule has 0 aliphatic rings. The quantitative estimate of drug-likeness (QED) is 0.402. The van der Waals surface area contributed by atoms with Crippen LogP contribution in [-0.2, 0) is 4.79 Å². The monoisotopic (exact) mass is 299 g/mol. The van der Waals surface area contributed by atoms with Gasteiger partial charge in [0.1, 0.15) is 0 Å². The van der Waals surface area contributed by atoms with Crippen molar-refractivity contribution in [3.05, 3.63) is 12.2 Å². The van der Waals surface area contributed by atoms with Crippen LogP contribution < -0.4 is 0 Å². The second-order valence-electron chi connectivity index (χ2n) is 5.94. The first-order valence-electron chi connectivity index (χ1n) is 8.51. The molecule has 0 aromatic carbocycles. The van der Waals surface area contributed by atoms with Crippen molar-refractivity contribution >= 4 is 5.97 Å². The summed E-state index contributed by atoms with van der Waals surface area (Å²) in [5.41, 5.74) is 0.299. The van der Waals surface area contributed by atoms with Gasteiger partial charge in [-0.15, -0.1) is 0 Å². The van der Waals surface area contributed by atoms with Crippen molar-refractivity contribution in [2.45, 2.75) is 78.1 Å². The Morgan fingerprint density at radius 1 is 0.905 bits per heavy atom. The highest BCUT2D eigenvalue weighted by molar-refractivity contribution is 5.85. The third-order valence-electron chi connectivity index (χ3n) is 3.31. The van der Waals surface area contributed by atoms with Gasteiger partial charge in [0, 0.05) is 5.57 Å². The number of carbonyl (C=O) groups is 1. The molecule has 0 heterocycles. The second-order valence-corrected chi connectivity index (χ2v) is 5.94. The van der Waals surface area contributed by atoms with E-state index in [1.807, 2.05) is 6.92 Å². The van der Waals surface area contributed by atoms with Gasteiger partial charge >= 0.3 is 5.97 Å². The average molecular weight is 299 g/mol. The highest BCUT2D eigenvalue weighted by Crippen LogP contribution is 2.08. The summed E-state index contributed by atoms with van der Waals surface area (Å²) in [6.45, 7) is 8.80. The summed E-state index contributed by atoms with van der Waals surface area (Å²) in [4.78, 5) is 12.3. The summed E-state index contributed by atoms with van der Waals surface area (Å²) >= 11 is 0. The Hall–Kier alpha value is -0.830. The minimum Gasteiger partial charge on any atom is -0.478 e. The smallest absolute Gasteiger partial charge is 0.330 e. The molecule has 0 saturated carbocycles. The fraction of sp³-hybridized carbons (Fsp3) is 0.833. The molecule has 0 amide bonds. The SMILES string of the molecule is C=C(CCC)C(=O)O.CCCCCCCCCCN(C)C. The predicted octanol–water partition coefficient (Wildman–Crippen LogP) is 5.12. The van der Waals surface area contributed by atoms with Crippen LogP contribution in [-0.4, -0.2) is 36.6 Å². The van der Waals surface area contributed by atoms with Gasteiger partial charge in [-0.1, -0.05) is 71.8 Å². The first-order chi connectivity index (χ1) is 9.95. The van der Waals surface area contributed by atoms with Gasteiger partial charge in [-0.3, -0.25) is 0 Å². The number of carboxylic acid groups (broad SMARTS) is 1. The van der Waals surface area contributed by atoms with E-state index in [2.05, 4.69) is 32.5 Å². The number of unbranched alkanes of at least 4 members (excludes halogenated alkanes) is 7. The van der Waals surface area contributed by atoms with Crippen molar-refractivity contribution in [1.82, 2.24) is 4.90 Å². The summed E-state index contributed by atoms with van der Waals surface area (Å²) in [6, 6.07) is 0. The lowest BCUT2D eigenvalue weighted by molar-refractivity contribution is -0.132. The van der Waals surface area contributed by atoms with E-state index in [-0.39, 0.29) is 0 Å². The van der Waals surface area contributed by atoms with Gasteiger partial charge in [-0.05, 0) is 33.5 Å². The molecule has 0 aromatic heterocycles. The Bertz CT molecular complexity index is 250. The Balaban J connectivity index is 0. The largest absolute Gasteiger partial charge is 0.478 e. The maximum absolute atomic E-state index is 9.99. The van der Waals surface area contributed by atoms with Gasteiger partial charge in [0.25, 0.3) is 0 Å². The number of nitrogens with zero attached hydrogens (tertiary/aromatic N) is 1. The van der Waals surface area contributed by atoms with Crippen LogP contribution in [0.1, 0.15) is 78.1 Å². The van der Waals surface area contributed by atoms with E-state index in [0.29, 0.717) is 12.0 Å². The van der Waals surface area contributed by atoms with Crippen LogP contribution in [0, 0.1) is 0 Å². The molecule has 0 saturated heterocycles. The van der Waals surface area contributed by atoms with Crippen molar-refractivity contribution in [2.75, 3.05) is 20.6 Å². The fourth-order valence-electron chi connectivity index (χ4n) is 1.97. The predicted molar refractivity (Wildman–Crippen MR) is 92.8 cm³/mol. The zero-order valence-electron chi connectivity index (χ0n) is 14.8. The Labute approximate surface area is 132 Å². The summed E-state index contributed by atoms with van der Waals surface area (Å²) in [5, 5.41) is 8.21. The summed E-state index contributed by atoms with van der Waals surface area (Å²) in [6.07, 6.45) is 12.8. The van der Waals surface area contributed by atoms with Gasteiger partial charge in [0.05, 0.1) is 0 Å². The molecule has 0 radical (unpaired) electrons. The molecule has 0 bridgehead atoms. The van der Waals surface area contributed by atoms with Crippen LogP contribution >= 0.6 is 0 Å². The minimum atomic E-state index is -0.883. The van der Waals surface area contributed by atoms with Crippen molar-refractivity contribution in [3.8, 4) is 0 Å². The molecule has 21 heavy (non-hydrogen) atoms. The lowest BCUT2D eigenvalue weighted by Crippen LogP contribution is -2.12. The standard InChI is InChI=1S/C12H27N.C6H10O2/c1-4-5-6-7-8-9-10-11-12-13(2)3;1-3-4-5(2)6(7)8/h4-12H2,1-3H3;2-4H2,1H3,(H,7,8). The molecule has 3 heteroatoms. The van der Waals surface area contributed by atoms with E-state index in [9.17, 15) is 4.79 Å². The molecule has 0 spiro atoms. The molecule has 0 atom stereocenters. The lowest BCUT2D eigenvalue weighted by atomic mass is 10.1. The summed E-state index contributed by atoms with van der Waals surface area (Å²) < 4.78 is 0. The molecule has 1 N–H and O–H groups in total. The fourth-order valence-corrected chi connectivity index (χ4v) is 1.97. The number of carboxylic acids is 1. The number of rotatable bonds is 12. The molecule has 126 valence electrons. The van der Waals surface area contributed by atoms with Gasteiger partial charge in [0.15, 0.2) is 0 Å². The van der Waals surface area contributed by atoms with Gasteiger partial charge in [0.2, 0.25) is 0 Å². The van der Waals surface area contributed by atoms with E-state index in [1.165, 1.54) is 57.9 Å². The van der Waals surface area contributed by atoms with Gasteiger partial charge in [-0.25, -0.2) is 4.79 Å². The number of hydrogen-bond acceptors (Lipinski definition) is 2. The Kier molecular flexibility index (Phi) is 18.4. The highest BCUT2D eigenvalue weighted by Gasteiger charge is 1.99. The minimum absolute atomic E-state index is 0.299. The Morgan fingerprint density at radius 2 is 1.38 bits per heavy atom. The average Bonchev–Trinajstić information content (AvgIpc) is 2.42. The van der Waals surface area contributed by atoms with Gasteiger partial charge in [-0.2, -0.15) is 0 Å². The van der Waals surface area contributed by atoms with E-state index in [1.54, 1.807) is 0 Å². The first-order valence-corrected chi connectivity index (χ1v) is 8.51. The normalized spacial score (nSPS) is 10.1. The number of aliphatic carboxylic acids is 1. The zero-order chi connectivity index (χ0) is 16.5. The van der Waals surface area contributed by atoms with Crippen molar-refractivity contribution in [1.29, 1.82) is 0 Å². The van der Waals surface area contributed by atoms with E-state index >= 15 is 0 Å². The molecule has 0 aliphatic carbocycles. The lowest BCUT2D eigenvalue weighted by Gasteiger charge is -2.08. The maximum atomic E-state index is 9.99. The van der Waals surface area contributed by atoms with E-state index in [4.69, 9.17) is 5.11 Å². The number of hydrogen-bond donors (Lipinski definition) is 1. The maximum Gasteiger partial charge on any atom is 0.330 e. The van der Waals surface area contributed by atoms with Crippen LogP contribution in [0.2, 0.25) is 0 Å². The summed E-state index contributed by atoms with van der Waals surface area (Å²) in [5.74, 6) is -0.883. The van der Waals surface area contributed by atoms with Gasteiger partial charge < -0.3 is 10.0 Å². The van der Waals surface area contributed by atoms with Crippen LogP contribution in [0.3, 0.4) is 0 Å². The molecule has 3 nitrogen and oxygen atoms in total. The van der Waals surface area contributed by atoms with E-state index in [0.717, 1.165) is 6.42 Å². The molecule has 0 aliphatic heterocycles. The molecular weight excluding hydrogens is 262 g/mol. The third kappa shape index (κ3) is 21.6. The second kappa shape index (κ2) is 17.2. The molecular formula is C18H37NO2. The highest BCUT2D eigenvalue weighted by atomic mass is 16.4. The van der Waals surface area contributed by atoms with Crippen LogP contribution in [0.4, 0.5) is 0 Å². The molecule has 0 aromatic rings. The molecule has 0 fully saturated rings. The van der Waals surface area contributed by atoms with Crippen molar-refractivity contribution < 1.29 is 9.90 Å². The first kappa shape index (κ1) is 22.5. The van der Waals surface area contributed by atoms with Crippen LogP contribution in [0.15, 0.2) is 12.2 Å². The zero-order valence-corrected chi connectivity index (χ0v) is 14.8. The van der Waals surface area contributed by atoms with Crippen LogP contribution in [0.25, 0.3) is 0 Å². The summed E-state index contributed by atoms with van der Waals surface area (Å²) in [7, 11) is 4.31. The molecule has 0 unspecified atom stereocenters. The van der Waals surface area contributed by atoms with Crippen LogP contribution in [0.5, 0.6) is 0 Å². The Morgan fingerprint density at radius 3 is 1.71 bits per heavy atom. The van der Waals surface area contributed by atoms with E-state index < -0.39 is 5.97 Å². The third-order valence-corrected chi connectivity index (χ3v) is 3.31. The van der Waals surface area contributed by atoms with Crippen molar-refractivity contribution in [3.63, 3.8) is 0 Å². The van der Waals surface area contributed by atoms with Crippen molar-refractivity contribution in [2.24, 2.45) is 0 Å².